The highest BCUT2D eigenvalue weighted by Gasteiger charge is 2.31. The molecule has 5 nitrogen and oxygen atoms in total. The van der Waals surface area contributed by atoms with E-state index < -0.39 is 22.5 Å². The predicted octanol–water partition coefficient (Wildman–Crippen LogP) is 2.06. The van der Waals surface area contributed by atoms with E-state index in [4.69, 9.17) is 9.15 Å². The van der Waals surface area contributed by atoms with E-state index in [1.807, 2.05) is 0 Å². The Labute approximate surface area is 124 Å². The van der Waals surface area contributed by atoms with Crippen LogP contribution in [0.2, 0.25) is 0 Å². The third kappa shape index (κ3) is 3.39. The molecule has 0 amide bonds. The molecule has 0 saturated heterocycles. The minimum atomic E-state index is -0.790. The molecule has 0 bridgehead atoms. The summed E-state index contributed by atoms with van der Waals surface area (Å²) in [6.07, 6.45) is 1.50. The first kappa shape index (κ1) is 15.4. The molecule has 0 aliphatic heterocycles. The Balaban J connectivity index is 2.37. The van der Waals surface area contributed by atoms with Crippen LogP contribution in [0.5, 0.6) is 5.75 Å². The van der Waals surface area contributed by atoms with Gasteiger partial charge in [0.25, 0.3) is 4.90 Å². The number of ether oxygens (including phenoxy) is 1. The lowest BCUT2D eigenvalue weighted by atomic mass is 10.2. The Bertz CT molecular complexity index is 720. The van der Waals surface area contributed by atoms with Crippen molar-refractivity contribution in [3.05, 3.63) is 34.7 Å². The van der Waals surface area contributed by atoms with Gasteiger partial charge in [-0.2, -0.15) is 0 Å². The molecule has 0 fully saturated rings. The second kappa shape index (κ2) is 6.22. The second-order valence-electron chi connectivity index (χ2n) is 4.88. The van der Waals surface area contributed by atoms with E-state index in [-0.39, 0.29) is 22.5 Å². The van der Waals surface area contributed by atoms with Gasteiger partial charge in [0.15, 0.2) is 5.75 Å². The summed E-state index contributed by atoms with van der Waals surface area (Å²) in [6, 6.07) is 6.74. The first-order valence-corrected chi connectivity index (χ1v) is 8.27. The molecule has 1 heterocycles. The summed E-state index contributed by atoms with van der Waals surface area (Å²) >= 11 is 0. The smallest absolute Gasteiger partial charge is 0.396 e. The number of para-hydroxylation sites is 1. The average molecular weight is 309 g/mol. The fourth-order valence-corrected chi connectivity index (χ4v) is 3.30. The summed E-state index contributed by atoms with van der Waals surface area (Å²) in [5.41, 5.74) is -0.292. The topological polar surface area (TPSA) is 76.7 Å². The van der Waals surface area contributed by atoms with E-state index >= 15 is 0 Å². The van der Waals surface area contributed by atoms with Gasteiger partial charge in [0.05, 0.1) is 11.5 Å². The van der Waals surface area contributed by atoms with Crippen LogP contribution in [0, 0.1) is 0 Å². The number of hydrogen-bond donors (Lipinski definition) is 1. The minimum absolute atomic E-state index is 0.0365. The van der Waals surface area contributed by atoms with Crippen LogP contribution in [-0.4, -0.2) is 29.2 Å². The monoisotopic (exact) mass is 309 g/mol. The maximum absolute atomic E-state index is 12.0. The Morgan fingerprint density at radius 3 is 2.71 bits per heavy atom. The van der Waals surface area contributed by atoms with Crippen molar-refractivity contribution in [3.63, 3.8) is 0 Å². The number of carbonyl (C=O) groups is 1. The van der Waals surface area contributed by atoms with Crippen molar-refractivity contribution in [2.45, 2.75) is 24.8 Å². The molecule has 6 heteroatoms. The van der Waals surface area contributed by atoms with Gasteiger partial charge in [0.2, 0.25) is 5.75 Å². The molecule has 21 heavy (non-hydrogen) atoms. The highest BCUT2D eigenvalue weighted by molar-refractivity contribution is 7.97. The van der Waals surface area contributed by atoms with Crippen molar-refractivity contribution >= 4 is 27.8 Å². The summed E-state index contributed by atoms with van der Waals surface area (Å²) in [4.78, 5) is 23.9. The molecule has 1 N–H and O–H groups in total. The SMILES string of the molecule is CC(C)OC(=O)C[S+](C)c1c(O)c2ccccc2oc1=O. The van der Waals surface area contributed by atoms with Gasteiger partial charge >= 0.3 is 11.6 Å². The Hall–Kier alpha value is -1.95. The van der Waals surface area contributed by atoms with Gasteiger partial charge < -0.3 is 14.3 Å². The van der Waals surface area contributed by atoms with Crippen LogP contribution < -0.4 is 5.63 Å². The molecule has 1 aromatic heterocycles. The molecular weight excluding hydrogens is 292 g/mol. The Morgan fingerprint density at radius 1 is 1.38 bits per heavy atom. The van der Waals surface area contributed by atoms with Crippen LogP contribution in [0.25, 0.3) is 11.0 Å². The van der Waals surface area contributed by atoms with Crippen molar-refractivity contribution in [2.24, 2.45) is 0 Å². The molecule has 1 atom stereocenters. The molecule has 1 unspecified atom stereocenters. The number of rotatable bonds is 4. The summed E-state index contributed by atoms with van der Waals surface area (Å²) in [5.74, 6) is -0.484. The van der Waals surface area contributed by atoms with Crippen molar-refractivity contribution < 1.29 is 19.1 Å². The van der Waals surface area contributed by atoms with Gasteiger partial charge in [-0.3, -0.25) is 0 Å². The van der Waals surface area contributed by atoms with Crippen LogP contribution in [0.1, 0.15) is 13.8 Å². The molecule has 112 valence electrons. The van der Waals surface area contributed by atoms with Gasteiger partial charge in [-0.15, -0.1) is 0 Å². The summed E-state index contributed by atoms with van der Waals surface area (Å²) in [5, 5.41) is 10.8. The average Bonchev–Trinajstić information content (AvgIpc) is 2.37. The number of esters is 1. The van der Waals surface area contributed by atoms with Crippen LogP contribution >= 0.6 is 0 Å². The lowest BCUT2D eigenvalue weighted by Crippen LogP contribution is -2.24. The quantitative estimate of drug-likeness (QED) is 0.531. The van der Waals surface area contributed by atoms with Crippen LogP contribution in [-0.2, 0) is 20.4 Å². The van der Waals surface area contributed by atoms with Gasteiger partial charge in [-0.25, -0.2) is 9.59 Å². The zero-order valence-corrected chi connectivity index (χ0v) is 12.9. The molecule has 2 aromatic rings. The zero-order chi connectivity index (χ0) is 15.6. The third-order valence-corrected chi connectivity index (χ3v) is 4.52. The highest BCUT2D eigenvalue weighted by Crippen LogP contribution is 2.29. The number of hydrogen-bond acceptors (Lipinski definition) is 5. The minimum Gasteiger partial charge on any atom is -0.503 e. The van der Waals surface area contributed by atoms with Crippen LogP contribution in [0.3, 0.4) is 0 Å². The lowest BCUT2D eigenvalue weighted by Gasteiger charge is -2.08. The van der Waals surface area contributed by atoms with E-state index in [0.29, 0.717) is 11.0 Å². The number of aromatic hydroxyl groups is 1. The third-order valence-electron chi connectivity index (χ3n) is 2.80. The predicted molar refractivity (Wildman–Crippen MR) is 81.8 cm³/mol. The van der Waals surface area contributed by atoms with E-state index in [1.54, 1.807) is 44.4 Å². The summed E-state index contributed by atoms with van der Waals surface area (Å²) in [7, 11) is -0.790. The van der Waals surface area contributed by atoms with Crippen molar-refractivity contribution in [3.8, 4) is 5.75 Å². The first-order chi connectivity index (χ1) is 9.90. The van der Waals surface area contributed by atoms with Gasteiger partial charge in [-0.1, -0.05) is 12.1 Å². The maximum atomic E-state index is 12.0. The van der Waals surface area contributed by atoms with Gasteiger partial charge in [-0.05, 0) is 26.0 Å². The fourth-order valence-electron chi connectivity index (χ4n) is 1.97. The van der Waals surface area contributed by atoms with E-state index in [0.717, 1.165) is 0 Å². The van der Waals surface area contributed by atoms with Gasteiger partial charge in [0.1, 0.15) is 11.8 Å². The van der Waals surface area contributed by atoms with Crippen molar-refractivity contribution in [2.75, 3.05) is 12.0 Å². The molecule has 0 saturated carbocycles. The molecular formula is C15H17O5S+. The molecule has 2 rings (SSSR count). The van der Waals surface area contributed by atoms with E-state index in [2.05, 4.69) is 0 Å². The Kier molecular flexibility index (Phi) is 4.57. The second-order valence-corrected chi connectivity index (χ2v) is 6.85. The summed E-state index contributed by atoms with van der Waals surface area (Å²) < 4.78 is 10.3. The van der Waals surface area contributed by atoms with E-state index in [9.17, 15) is 14.7 Å². The normalized spacial score (nSPS) is 12.6. The van der Waals surface area contributed by atoms with Crippen LogP contribution in [0.4, 0.5) is 0 Å². The molecule has 0 spiro atoms. The van der Waals surface area contributed by atoms with Gasteiger partial charge in [0, 0.05) is 10.9 Å². The largest absolute Gasteiger partial charge is 0.503 e. The van der Waals surface area contributed by atoms with Crippen molar-refractivity contribution in [1.82, 2.24) is 0 Å². The molecule has 0 radical (unpaired) electrons. The first-order valence-electron chi connectivity index (χ1n) is 6.47. The molecule has 0 aliphatic carbocycles. The standard InChI is InChI=1S/C15H16O5S/c1-9(2)19-12(16)8-21(3)14-13(17)10-6-4-5-7-11(10)20-15(14)18/h4-7,9H,8H2,1-3H3/p+1. The lowest BCUT2D eigenvalue weighted by molar-refractivity contribution is -0.144. The number of benzene rings is 1. The van der Waals surface area contributed by atoms with E-state index in [1.165, 1.54) is 0 Å². The molecule has 1 aromatic carbocycles. The fraction of sp³-hybridized carbons (Fsp3) is 0.333. The zero-order valence-electron chi connectivity index (χ0n) is 12.1. The van der Waals surface area contributed by atoms with Crippen molar-refractivity contribution in [1.29, 1.82) is 0 Å². The molecule has 0 aliphatic rings. The maximum Gasteiger partial charge on any atom is 0.396 e. The number of fused-ring (bicyclic) bond motifs is 1. The Morgan fingerprint density at radius 2 is 2.05 bits per heavy atom. The van der Waals surface area contributed by atoms with Crippen LogP contribution in [0.15, 0.2) is 38.4 Å². The highest BCUT2D eigenvalue weighted by atomic mass is 32.2. The summed E-state index contributed by atoms with van der Waals surface area (Å²) in [6.45, 7) is 3.51. The number of carbonyl (C=O) groups excluding carboxylic acids is 1.